The summed E-state index contributed by atoms with van der Waals surface area (Å²) in [4.78, 5) is 17.9. The van der Waals surface area contributed by atoms with Gasteiger partial charge in [0.15, 0.2) is 0 Å². The van der Waals surface area contributed by atoms with E-state index in [2.05, 4.69) is 10.5 Å². The Kier molecular flexibility index (Phi) is 4.86. The molecule has 8 heteroatoms. The number of carbonyl (C=O) groups excluding carboxylic acids is 1. The molecular formula is C22H14ClN3O2S2. The quantitative estimate of drug-likeness (QED) is 0.323. The van der Waals surface area contributed by atoms with E-state index < -0.39 is 0 Å². The van der Waals surface area contributed by atoms with Gasteiger partial charge < -0.3 is 9.84 Å². The molecule has 30 heavy (non-hydrogen) atoms. The molecule has 2 aromatic carbocycles. The molecule has 0 aliphatic carbocycles. The highest BCUT2D eigenvalue weighted by atomic mass is 35.5. The second kappa shape index (κ2) is 7.68. The highest BCUT2D eigenvalue weighted by Gasteiger charge is 2.24. The number of fused-ring (bicyclic) bond motifs is 1. The molecule has 1 amide bonds. The van der Waals surface area contributed by atoms with Crippen molar-refractivity contribution in [3.8, 4) is 21.8 Å². The van der Waals surface area contributed by atoms with Crippen molar-refractivity contribution in [2.75, 3.05) is 5.32 Å². The number of nitrogens with zero attached hydrogens (tertiary/aromatic N) is 2. The highest BCUT2D eigenvalue weighted by Crippen LogP contribution is 2.38. The molecule has 0 bridgehead atoms. The van der Waals surface area contributed by atoms with Gasteiger partial charge in [-0.1, -0.05) is 47.1 Å². The summed E-state index contributed by atoms with van der Waals surface area (Å²) in [5.74, 6) is 0.133. The van der Waals surface area contributed by atoms with Gasteiger partial charge in [0, 0.05) is 11.1 Å². The topological polar surface area (TPSA) is 68.0 Å². The van der Waals surface area contributed by atoms with Crippen LogP contribution in [0.15, 0.2) is 64.5 Å². The van der Waals surface area contributed by atoms with Crippen molar-refractivity contribution in [3.05, 3.63) is 76.3 Å². The average Bonchev–Trinajstić information content (AvgIpc) is 3.46. The van der Waals surface area contributed by atoms with Crippen molar-refractivity contribution < 1.29 is 9.32 Å². The maximum absolute atomic E-state index is 13.2. The minimum absolute atomic E-state index is 0.298. The van der Waals surface area contributed by atoms with E-state index in [-0.39, 0.29) is 5.91 Å². The molecule has 148 valence electrons. The van der Waals surface area contributed by atoms with Gasteiger partial charge in [0.2, 0.25) is 0 Å². The van der Waals surface area contributed by atoms with E-state index in [0.29, 0.717) is 27.6 Å². The minimum Gasteiger partial charge on any atom is -0.360 e. The van der Waals surface area contributed by atoms with Crippen molar-refractivity contribution in [2.24, 2.45) is 0 Å². The number of aromatic nitrogens is 2. The van der Waals surface area contributed by atoms with Crippen LogP contribution in [0.5, 0.6) is 0 Å². The predicted octanol–water partition coefficient (Wildman–Crippen LogP) is 6.89. The largest absolute Gasteiger partial charge is 0.360 e. The molecule has 0 aliphatic rings. The standard InChI is InChI=1S/C22H14ClN3O2S2/c1-12-18(19(26-28-12)13-6-2-3-7-15(13)23)20(27)25-21-14(10-11-29-21)22-24-16-8-4-5-9-17(16)30-22/h2-11H,1H3,(H,25,27). The van der Waals surface area contributed by atoms with E-state index in [4.69, 9.17) is 21.1 Å². The number of thiazole rings is 1. The maximum atomic E-state index is 13.2. The van der Waals surface area contributed by atoms with Crippen LogP contribution in [-0.2, 0) is 0 Å². The molecule has 0 saturated carbocycles. The number of hydrogen-bond acceptors (Lipinski definition) is 6. The molecular weight excluding hydrogens is 438 g/mol. The Morgan fingerprint density at radius 3 is 2.70 bits per heavy atom. The summed E-state index contributed by atoms with van der Waals surface area (Å²) in [5.41, 5.74) is 3.28. The van der Waals surface area contributed by atoms with Crippen LogP contribution >= 0.6 is 34.3 Å². The predicted molar refractivity (Wildman–Crippen MR) is 123 cm³/mol. The lowest BCUT2D eigenvalue weighted by atomic mass is 10.1. The average molecular weight is 452 g/mol. The maximum Gasteiger partial charge on any atom is 0.262 e. The van der Waals surface area contributed by atoms with Crippen LogP contribution in [0.2, 0.25) is 5.02 Å². The molecule has 0 aliphatic heterocycles. The zero-order valence-electron chi connectivity index (χ0n) is 15.7. The van der Waals surface area contributed by atoms with Gasteiger partial charge in [0.05, 0.1) is 15.2 Å². The Balaban J connectivity index is 1.50. The van der Waals surface area contributed by atoms with Gasteiger partial charge in [0.1, 0.15) is 27.0 Å². The Bertz CT molecular complexity index is 1350. The van der Waals surface area contributed by atoms with Gasteiger partial charge in [-0.25, -0.2) is 4.98 Å². The number of carbonyl (C=O) groups is 1. The lowest BCUT2D eigenvalue weighted by Crippen LogP contribution is -2.13. The van der Waals surface area contributed by atoms with Gasteiger partial charge in [-0.05, 0) is 36.6 Å². The molecule has 0 spiro atoms. The van der Waals surface area contributed by atoms with E-state index in [1.807, 2.05) is 53.9 Å². The number of benzene rings is 2. The Morgan fingerprint density at radius 2 is 1.87 bits per heavy atom. The molecule has 1 N–H and O–H groups in total. The molecule has 0 fully saturated rings. The van der Waals surface area contributed by atoms with Crippen LogP contribution in [0.3, 0.4) is 0 Å². The number of aryl methyl sites for hydroxylation is 1. The summed E-state index contributed by atoms with van der Waals surface area (Å²) in [6, 6.07) is 17.2. The number of halogens is 1. The molecule has 0 unspecified atom stereocenters. The minimum atomic E-state index is -0.298. The summed E-state index contributed by atoms with van der Waals surface area (Å²) in [6.45, 7) is 1.71. The fourth-order valence-corrected chi connectivity index (χ4v) is 5.27. The van der Waals surface area contributed by atoms with Gasteiger partial charge in [0.25, 0.3) is 5.91 Å². The summed E-state index contributed by atoms with van der Waals surface area (Å²) in [7, 11) is 0. The third kappa shape index (κ3) is 3.31. The first-order chi connectivity index (χ1) is 14.6. The van der Waals surface area contributed by atoms with E-state index in [1.165, 1.54) is 11.3 Å². The number of hydrogen-bond donors (Lipinski definition) is 1. The van der Waals surface area contributed by atoms with E-state index in [1.54, 1.807) is 24.3 Å². The SMILES string of the molecule is Cc1onc(-c2ccccc2Cl)c1C(=O)Nc1sccc1-c1nc2ccccc2s1. The van der Waals surface area contributed by atoms with E-state index >= 15 is 0 Å². The lowest BCUT2D eigenvalue weighted by Gasteiger charge is -2.06. The summed E-state index contributed by atoms with van der Waals surface area (Å²) >= 11 is 9.36. The smallest absolute Gasteiger partial charge is 0.262 e. The first kappa shape index (κ1) is 19.0. The second-order valence-electron chi connectivity index (χ2n) is 6.55. The normalized spacial score (nSPS) is 11.1. The first-order valence-corrected chi connectivity index (χ1v) is 11.1. The third-order valence-electron chi connectivity index (χ3n) is 4.64. The van der Waals surface area contributed by atoms with Crippen LogP contribution in [0.25, 0.3) is 32.0 Å². The van der Waals surface area contributed by atoms with Crippen molar-refractivity contribution >= 4 is 55.4 Å². The van der Waals surface area contributed by atoms with Crippen molar-refractivity contribution in [1.82, 2.24) is 10.1 Å². The number of amides is 1. The van der Waals surface area contributed by atoms with Crippen LogP contribution in [-0.4, -0.2) is 16.0 Å². The third-order valence-corrected chi connectivity index (χ3v) is 6.86. The van der Waals surface area contributed by atoms with Crippen LogP contribution in [0.1, 0.15) is 16.1 Å². The van der Waals surface area contributed by atoms with Gasteiger partial charge in [-0.2, -0.15) is 0 Å². The number of nitrogens with one attached hydrogen (secondary N) is 1. The first-order valence-electron chi connectivity index (χ1n) is 9.08. The Morgan fingerprint density at radius 1 is 1.07 bits per heavy atom. The van der Waals surface area contributed by atoms with Crippen LogP contribution in [0.4, 0.5) is 5.00 Å². The number of anilines is 1. The number of thiophene rings is 1. The summed E-state index contributed by atoms with van der Waals surface area (Å²) in [5, 5.41) is 11.1. The van der Waals surface area contributed by atoms with Gasteiger partial charge in [-0.3, -0.25) is 4.79 Å². The molecule has 3 aromatic heterocycles. The molecule has 5 rings (SSSR count). The fraction of sp³-hybridized carbons (Fsp3) is 0.0455. The molecule has 0 atom stereocenters. The van der Waals surface area contributed by atoms with Crippen molar-refractivity contribution in [3.63, 3.8) is 0 Å². The molecule has 0 saturated heterocycles. The fourth-order valence-electron chi connectivity index (χ4n) is 3.20. The number of para-hydroxylation sites is 1. The second-order valence-corrected chi connectivity index (χ2v) is 8.90. The highest BCUT2D eigenvalue weighted by molar-refractivity contribution is 7.22. The zero-order chi connectivity index (χ0) is 20.7. The Labute approximate surface area is 184 Å². The van der Waals surface area contributed by atoms with E-state index in [9.17, 15) is 4.79 Å². The van der Waals surface area contributed by atoms with Crippen LogP contribution in [0, 0.1) is 6.92 Å². The van der Waals surface area contributed by atoms with Gasteiger partial charge in [-0.15, -0.1) is 22.7 Å². The monoisotopic (exact) mass is 451 g/mol. The molecule has 0 radical (unpaired) electrons. The summed E-state index contributed by atoms with van der Waals surface area (Å²) in [6.07, 6.45) is 0. The lowest BCUT2D eigenvalue weighted by molar-refractivity contribution is 0.102. The zero-order valence-corrected chi connectivity index (χ0v) is 18.1. The molecule has 5 nitrogen and oxygen atoms in total. The van der Waals surface area contributed by atoms with Crippen molar-refractivity contribution in [1.29, 1.82) is 0 Å². The number of rotatable bonds is 4. The van der Waals surface area contributed by atoms with Gasteiger partial charge >= 0.3 is 0 Å². The van der Waals surface area contributed by atoms with Crippen LogP contribution < -0.4 is 5.32 Å². The Hall–Kier alpha value is -3.00. The van der Waals surface area contributed by atoms with Crippen molar-refractivity contribution in [2.45, 2.75) is 6.92 Å². The molecule has 5 aromatic rings. The van der Waals surface area contributed by atoms with E-state index in [0.717, 1.165) is 25.8 Å². The molecule has 3 heterocycles. The summed E-state index contributed by atoms with van der Waals surface area (Å²) < 4.78 is 6.43.